The van der Waals surface area contributed by atoms with Crippen molar-refractivity contribution in [2.24, 2.45) is 0 Å². The van der Waals surface area contributed by atoms with Crippen LogP contribution < -0.4 is 4.74 Å². The van der Waals surface area contributed by atoms with E-state index < -0.39 is 0 Å². The highest BCUT2D eigenvalue weighted by molar-refractivity contribution is 9.10. The molecule has 0 saturated heterocycles. The Balaban J connectivity index is 2.09. The summed E-state index contributed by atoms with van der Waals surface area (Å²) in [5.74, 6) is 0.139. The number of hydrogen-bond acceptors (Lipinski definition) is 2. The van der Waals surface area contributed by atoms with E-state index in [4.69, 9.17) is 4.74 Å². The second-order valence-corrected chi connectivity index (χ2v) is 3.84. The van der Waals surface area contributed by atoms with Crippen molar-refractivity contribution < 1.29 is 9.53 Å². The Labute approximate surface area is 95.7 Å². The molecule has 0 radical (unpaired) electrons. The van der Waals surface area contributed by atoms with Gasteiger partial charge in [0.05, 0.1) is 0 Å². The summed E-state index contributed by atoms with van der Waals surface area (Å²) in [5.41, 5.74) is 3.23. The quantitative estimate of drug-likeness (QED) is 0.465. The smallest absolute Gasteiger partial charge is 0.351 e. The fourth-order valence-corrected chi connectivity index (χ4v) is 1.39. The van der Waals surface area contributed by atoms with Crippen LogP contribution in [-0.2, 0) is 4.79 Å². The van der Waals surface area contributed by atoms with Crippen LogP contribution in [-0.4, -0.2) is 5.97 Å². The predicted octanol–water partition coefficient (Wildman–Crippen LogP) is 3.01. The lowest BCUT2D eigenvalue weighted by Crippen LogP contribution is -2.08. The zero-order chi connectivity index (χ0) is 10.7. The minimum absolute atomic E-state index is 0.387. The molecule has 1 aliphatic rings. The third kappa shape index (κ3) is 2.46. The molecule has 3 heteroatoms. The summed E-state index contributed by atoms with van der Waals surface area (Å²) in [5, 5.41) is 0. The van der Waals surface area contributed by atoms with E-state index in [2.05, 4.69) is 21.7 Å². The molecule has 0 heterocycles. The molecule has 1 aliphatic carbocycles. The van der Waals surface area contributed by atoms with Crippen molar-refractivity contribution in [1.82, 2.24) is 0 Å². The maximum absolute atomic E-state index is 11.5. The van der Waals surface area contributed by atoms with Gasteiger partial charge in [-0.05, 0) is 36.4 Å². The summed E-state index contributed by atoms with van der Waals surface area (Å²) in [6, 6.07) is 7.09. The van der Waals surface area contributed by atoms with Crippen LogP contribution in [0.2, 0.25) is 0 Å². The third-order valence-electron chi connectivity index (χ3n) is 1.84. The van der Waals surface area contributed by atoms with Crippen LogP contribution >= 0.6 is 15.9 Å². The van der Waals surface area contributed by atoms with Crippen LogP contribution in [0.4, 0.5) is 0 Å². The van der Waals surface area contributed by atoms with Gasteiger partial charge in [0.2, 0.25) is 0 Å². The van der Waals surface area contributed by atoms with Gasteiger partial charge in [0.15, 0.2) is 0 Å². The molecule has 0 aromatic heterocycles. The van der Waals surface area contributed by atoms with E-state index in [0.717, 1.165) is 4.47 Å². The number of ether oxygens (including phenoxy) is 1. The molecule has 0 atom stereocenters. The van der Waals surface area contributed by atoms with E-state index in [9.17, 15) is 4.79 Å². The Hall–Kier alpha value is -1.57. The van der Waals surface area contributed by atoms with Crippen LogP contribution in [0.25, 0.3) is 0 Å². The molecule has 1 aromatic rings. The first kappa shape index (κ1) is 9.97. The van der Waals surface area contributed by atoms with Gasteiger partial charge in [-0.3, -0.25) is 0 Å². The van der Waals surface area contributed by atoms with Gasteiger partial charge in [-0.2, -0.15) is 0 Å². The van der Waals surface area contributed by atoms with Gasteiger partial charge < -0.3 is 4.74 Å². The highest BCUT2D eigenvalue weighted by Gasteiger charge is 2.09. The second kappa shape index (κ2) is 4.30. The van der Waals surface area contributed by atoms with Crippen molar-refractivity contribution in [1.29, 1.82) is 0 Å². The Kier molecular flexibility index (Phi) is 2.86. The molecule has 74 valence electrons. The molecule has 0 spiro atoms. The maximum atomic E-state index is 11.5. The molecule has 0 bridgehead atoms. The first-order valence-corrected chi connectivity index (χ1v) is 5.16. The molecule has 15 heavy (non-hydrogen) atoms. The van der Waals surface area contributed by atoms with Crippen molar-refractivity contribution in [3.8, 4) is 5.75 Å². The molecule has 1 aromatic carbocycles. The fraction of sp³-hybridized carbons (Fsp3) is 0. The van der Waals surface area contributed by atoms with E-state index in [1.54, 1.807) is 30.4 Å². The van der Waals surface area contributed by atoms with Crippen LogP contribution in [0, 0.1) is 0 Å². The third-order valence-corrected chi connectivity index (χ3v) is 2.37. The van der Waals surface area contributed by atoms with Gasteiger partial charge in [0.25, 0.3) is 0 Å². The van der Waals surface area contributed by atoms with E-state index in [1.165, 1.54) is 0 Å². The van der Waals surface area contributed by atoms with Gasteiger partial charge >= 0.3 is 5.97 Å². The lowest BCUT2D eigenvalue weighted by molar-refractivity contribution is -0.129. The van der Waals surface area contributed by atoms with Crippen LogP contribution in [0.3, 0.4) is 0 Å². The molecule has 0 aliphatic heterocycles. The SMILES string of the molecule is O=C(Oc1ccc(Br)cc1)C1=C=CC=C1. The highest BCUT2D eigenvalue weighted by atomic mass is 79.9. The molecule has 2 rings (SSSR count). The average molecular weight is 263 g/mol. The summed E-state index contributed by atoms with van der Waals surface area (Å²) in [4.78, 5) is 11.5. The van der Waals surface area contributed by atoms with Crippen molar-refractivity contribution in [2.75, 3.05) is 0 Å². The van der Waals surface area contributed by atoms with Crippen LogP contribution in [0.5, 0.6) is 5.75 Å². The second-order valence-electron chi connectivity index (χ2n) is 2.93. The summed E-state index contributed by atoms with van der Waals surface area (Å²) in [7, 11) is 0. The number of carbonyl (C=O) groups excluding carboxylic acids is 1. The number of carbonyl (C=O) groups is 1. The number of benzene rings is 1. The number of allylic oxidation sites excluding steroid dienone is 1. The minimum atomic E-state index is -0.387. The topological polar surface area (TPSA) is 26.3 Å². The molecule has 2 nitrogen and oxygen atoms in total. The van der Waals surface area contributed by atoms with Crippen molar-refractivity contribution in [3.05, 3.63) is 58.3 Å². The zero-order valence-corrected chi connectivity index (χ0v) is 9.32. The largest absolute Gasteiger partial charge is 0.422 e. The van der Waals surface area contributed by atoms with Crippen LogP contribution in [0.1, 0.15) is 0 Å². The molecular weight excluding hydrogens is 256 g/mol. The monoisotopic (exact) mass is 262 g/mol. The summed E-state index contributed by atoms with van der Waals surface area (Å²) < 4.78 is 6.07. The Morgan fingerprint density at radius 2 is 2.00 bits per heavy atom. The van der Waals surface area contributed by atoms with E-state index in [0.29, 0.717) is 11.3 Å². The lowest BCUT2D eigenvalue weighted by atomic mass is 10.3. The summed E-state index contributed by atoms with van der Waals surface area (Å²) in [6.45, 7) is 0. The summed E-state index contributed by atoms with van der Waals surface area (Å²) >= 11 is 3.30. The maximum Gasteiger partial charge on any atom is 0.351 e. The first-order chi connectivity index (χ1) is 7.25. The van der Waals surface area contributed by atoms with Gasteiger partial charge in [0, 0.05) is 4.47 Å². The zero-order valence-electron chi connectivity index (χ0n) is 7.74. The lowest BCUT2D eigenvalue weighted by Gasteiger charge is -2.02. The molecular formula is C12H7BrO2. The molecule has 0 fully saturated rings. The van der Waals surface area contributed by atoms with E-state index in [-0.39, 0.29) is 5.97 Å². The Morgan fingerprint density at radius 3 is 2.60 bits per heavy atom. The molecule has 0 unspecified atom stereocenters. The van der Waals surface area contributed by atoms with Crippen LogP contribution in [0.15, 0.2) is 58.3 Å². The standard InChI is InChI=1S/C12H7BrO2/c13-10-5-7-11(8-6-10)15-12(14)9-3-1-2-4-9/h1-3,5-8H. The number of hydrogen-bond donors (Lipinski definition) is 0. The van der Waals surface area contributed by atoms with Gasteiger partial charge in [0.1, 0.15) is 11.3 Å². The first-order valence-electron chi connectivity index (χ1n) is 4.37. The predicted molar refractivity (Wildman–Crippen MR) is 60.5 cm³/mol. The Bertz CT molecular complexity index is 477. The average Bonchev–Trinajstić information content (AvgIpc) is 2.74. The number of esters is 1. The van der Waals surface area contributed by atoms with E-state index in [1.807, 2.05) is 12.1 Å². The molecule has 0 amide bonds. The summed E-state index contributed by atoms with van der Waals surface area (Å²) in [6.07, 6.45) is 5.09. The van der Waals surface area contributed by atoms with E-state index >= 15 is 0 Å². The van der Waals surface area contributed by atoms with Gasteiger partial charge in [-0.1, -0.05) is 22.0 Å². The minimum Gasteiger partial charge on any atom is -0.422 e. The van der Waals surface area contributed by atoms with Crippen molar-refractivity contribution in [2.45, 2.75) is 0 Å². The molecule has 0 N–H and O–H groups in total. The van der Waals surface area contributed by atoms with Crippen molar-refractivity contribution >= 4 is 21.9 Å². The van der Waals surface area contributed by atoms with Gasteiger partial charge in [-0.25, -0.2) is 4.79 Å². The van der Waals surface area contributed by atoms with Gasteiger partial charge in [-0.15, -0.1) is 5.73 Å². The van der Waals surface area contributed by atoms with Crippen molar-refractivity contribution in [3.63, 3.8) is 0 Å². The fourth-order valence-electron chi connectivity index (χ4n) is 1.12. The molecule has 0 saturated carbocycles. The number of rotatable bonds is 2. The highest BCUT2D eigenvalue weighted by Crippen LogP contribution is 2.17. The normalized spacial score (nSPS) is 12.7. The number of halogens is 1. The Morgan fingerprint density at radius 1 is 1.27 bits per heavy atom.